The van der Waals surface area contributed by atoms with Crippen molar-refractivity contribution in [1.29, 1.82) is 0 Å². The van der Waals surface area contributed by atoms with Gasteiger partial charge in [0, 0.05) is 11.3 Å². The number of rotatable bonds is 4. The number of amides is 1. The molecule has 1 heterocycles. The SMILES string of the molecule is COc1cccc(C2/C(=C(/O)c3ccc4c(c3)CCCC4)C(=O)C(=O)N2c2ccccc2)c1. The fourth-order valence-corrected chi connectivity index (χ4v) is 4.85. The predicted molar refractivity (Wildman–Crippen MR) is 127 cm³/mol. The second-order valence-corrected chi connectivity index (χ2v) is 8.47. The number of carbonyl (C=O) groups excluding carboxylic acids is 2. The monoisotopic (exact) mass is 439 g/mol. The molecule has 33 heavy (non-hydrogen) atoms. The van der Waals surface area contributed by atoms with Crippen molar-refractivity contribution in [2.24, 2.45) is 0 Å². The molecule has 5 rings (SSSR count). The maximum Gasteiger partial charge on any atom is 0.300 e. The number of fused-ring (bicyclic) bond motifs is 1. The van der Waals surface area contributed by atoms with Crippen molar-refractivity contribution >= 4 is 23.1 Å². The van der Waals surface area contributed by atoms with Gasteiger partial charge in [0.25, 0.3) is 11.7 Å². The molecule has 2 aliphatic rings. The highest BCUT2D eigenvalue weighted by molar-refractivity contribution is 6.51. The van der Waals surface area contributed by atoms with Crippen LogP contribution in [-0.4, -0.2) is 23.9 Å². The van der Waals surface area contributed by atoms with Gasteiger partial charge in [-0.15, -0.1) is 0 Å². The highest BCUT2D eigenvalue weighted by atomic mass is 16.5. The number of aliphatic hydroxyl groups excluding tert-OH is 1. The zero-order valence-electron chi connectivity index (χ0n) is 18.5. The van der Waals surface area contributed by atoms with E-state index in [0.717, 1.165) is 25.7 Å². The molecule has 0 saturated carbocycles. The smallest absolute Gasteiger partial charge is 0.300 e. The third-order valence-corrected chi connectivity index (χ3v) is 6.51. The first-order valence-corrected chi connectivity index (χ1v) is 11.2. The van der Waals surface area contributed by atoms with Crippen LogP contribution < -0.4 is 9.64 Å². The van der Waals surface area contributed by atoms with Crippen molar-refractivity contribution in [2.75, 3.05) is 12.0 Å². The van der Waals surface area contributed by atoms with E-state index >= 15 is 0 Å². The Morgan fingerprint density at radius 3 is 2.42 bits per heavy atom. The molecule has 3 aromatic carbocycles. The van der Waals surface area contributed by atoms with Crippen LogP contribution in [0.25, 0.3) is 5.76 Å². The van der Waals surface area contributed by atoms with Gasteiger partial charge < -0.3 is 9.84 Å². The molecule has 1 fully saturated rings. The lowest BCUT2D eigenvalue weighted by Crippen LogP contribution is -2.29. The summed E-state index contributed by atoms with van der Waals surface area (Å²) in [7, 11) is 1.57. The van der Waals surface area contributed by atoms with Crippen LogP contribution in [0.2, 0.25) is 0 Å². The summed E-state index contributed by atoms with van der Waals surface area (Å²) in [6, 6.07) is 21.4. The molecule has 3 aromatic rings. The number of carbonyl (C=O) groups is 2. The summed E-state index contributed by atoms with van der Waals surface area (Å²) >= 11 is 0. The normalized spacial score (nSPS) is 19.4. The Kier molecular flexibility index (Phi) is 5.47. The fraction of sp³-hybridized carbons (Fsp3) is 0.214. The highest BCUT2D eigenvalue weighted by Crippen LogP contribution is 2.43. The molecule has 1 amide bonds. The molecule has 1 atom stereocenters. The van der Waals surface area contributed by atoms with E-state index in [-0.39, 0.29) is 11.3 Å². The van der Waals surface area contributed by atoms with Crippen molar-refractivity contribution in [3.05, 3.63) is 101 Å². The van der Waals surface area contributed by atoms with E-state index in [9.17, 15) is 14.7 Å². The van der Waals surface area contributed by atoms with Crippen LogP contribution in [0, 0.1) is 0 Å². The van der Waals surface area contributed by atoms with E-state index in [2.05, 4.69) is 0 Å². The van der Waals surface area contributed by atoms with Gasteiger partial charge in [0.1, 0.15) is 11.5 Å². The number of aliphatic hydroxyl groups is 1. The van der Waals surface area contributed by atoms with Gasteiger partial charge >= 0.3 is 0 Å². The van der Waals surface area contributed by atoms with E-state index in [4.69, 9.17) is 4.74 Å². The molecule has 1 unspecified atom stereocenters. The topological polar surface area (TPSA) is 66.8 Å². The minimum atomic E-state index is -0.765. The number of benzene rings is 3. The van der Waals surface area contributed by atoms with Crippen LogP contribution in [0.3, 0.4) is 0 Å². The standard InChI is InChI=1S/C28H25NO4/c1-33-23-13-7-10-20(17-23)25-24(27(31)28(32)29(25)22-11-3-2-4-12-22)26(30)21-15-14-18-8-5-6-9-19(18)16-21/h2-4,7,10-17,25,30H,5-6,8-9H2,1H3/b26-24-. The summed E-state index contributed by atoms with van der Waals surface area (Å²) in [5.41, 5.74) is 4.42. The quantitative estimate of drug-likeness (QED) is 0.345. The Labute approximate surface area is 192 Å². The molecule has 1 aliphatic carbocycles. The molecule has 1 saturated heterocycles. The number of para-hydroxylation sites is 1. The minimum Gasteiger partial charge on any atom is -0.507 e. The average Bonchev–Trinajstić information content (AvgIpc) is 3.14. The minimum absolute atomic E-state index is 0.0906. The lowest BCUT2D eigenvalue weighted by atomic mass is 9.88. The first kappa shape index (κ1) is 21.0. The number of aryl methyl sites for hydroxylation is 2. The first-order chi connectivity index (χ1) is 16.1. The van der Waals surface area contributed by atoms with Gasteiger partial charge in [0.15, 0.2) is 0 Å². The molecule has 1 aliphatic heterocycles. The van der Waals surface area contributed by atoms with Crippen LogP contribution in [-0.2, 0) is 22.4 Å². The number of ketones is 1. The summed E-state index contributed by atoms with van der Waals surface area (Å²) in [5, 5.41) is 11.4. The van der Waals surface area contributed by atoms with Crippen LogP contribution in [0.5, 0.6) is 5.75 Å². The van der Waals surface area contributed by atoms with E-state index in [1.54, 1.807) is 25.3 Å². The number of methoxy groups -OCH3 is 1. The van der Waals surface area contributed by atoms with E-state index in [1.807, 2.05) is 54.6 Å². The lowest BCUT2D eigenvalue weighted by Gasteiger charge is -2.26. The van der Waals surface area contributed by atoms with E-state index in [1.165, 1.54) is 16.0 Å². The van der Waals surface area contributed by atoms with Crippen molar-refractivity contribution in [3.8, 4) is 5.75 Å². The van der Waals surface area contributed by atoms with Crippen LogP contribution in [0.4, 0.5) is 5.69 Å². The Bertz CT molecular complexity index is 1260. The van der Waals surface area contributed by atoms with E-state index in [0.29, 0.717) is 22.6 Å². The highest BCUT2D eigenvalue weighted by Gasteiger charge is 2.47. The molecule has 1 N–H and O–H groups in total. The molecule has 0 spiro atoms. The summed E-state index contributed by atoms with van der Waals surface area (Å²) < 4.78 is 5.38. The van der Waals surface area contributed by atoms with Gasteiger partial charge in [-0.1, -0.05) is 42.5 Å². The van der Waals surface area contributed by atoms with Crippen molar-refractivity contribution in [2.45, 2.75) is 31.7 Å². The second kappa shape index (κ2) is 8.58. The predicted octanol–water partition coefficient (Wildman–Crippen LogP) is 5.20. The second-order valence-electron chi connectivity index (χ2n) is 8.47. The summed E-state index contributed by atoms with van der Waals surface area (Å²) in [6.07, 6.45) is 4.25. The number of ether oxygens (including phenoxy) is 1. The molecule has 166 valence electrons. The van der Waals surface area contributed by atoms with E-state index < -0.39 is 17.7 Å². The molecular weight excluding hydrogens is 414 g/mol. The Morgan fingerprint density at radius 2 is 1.67 bits per heavy atom. The van der Waals surface area contributed by atoms with Gasteiger partial charge in [0.2, 0.25) is 0 Å². The van der Waals surface area contributed by atoms with Gasteiger partial charge in [-0.05, 0) is 72.7 Å². The number of anilines is 1. The molecule has 5 heteroatoms. The fourth-order valence-electron chi connectivity index (χ4n) is 4.85. The molecular formula is C28H25NO4. The molecule has 0 aromatic heterocycles. The number of hydrogen-bond donors (Lipinski definition) is 1. The Balaban J connectivity index is 1.70. The van der Waals surface area contributed by atoms with Gasteiger partial charge in [-0.3, -0.25) is 14.5 Å². The van der Waals surface area contributed by atoms with Gasteiger partial charge in [-0.2, -0.15) is 0 Å². The van der Waals surface area contributed by atoms with Crippen molar-refractivity contribution < 1.29 is 19.4 Å². The molecule has 0 radical (unpaired) electrons. The van der Waals surface area contributed by atoms with Crippen molar-refractivity contribution in [3.63, 3.8) is 0 Å². The summed E-state index contributed by atoms with van der Waals surface area (Å²) in [4.78, 5) is 28.0. The first-order valence-electron chi connectivity index (χ1n) is 11.2. The lowest BCUT2D eigenvalue weighted by molar-refractivity contribution is -0.132. The number of Topliss-reactive ketones (excluding diaryl/α,β-unsaturated/α-hetero) is 1. The van der Waals surface area contributed by atoms with Crippen LogP contribution >= 0.6 is 0 Å². The largest absolute Gasteiger partial charge is 0.507 e. The van der Waals surface area contributed by atoms with Gasteiger partial charge in [-0.25, -0.2) is 0 Å². The third kappa shape index (κ3) is 3.69. The Morgan fingerprint density at radius 1 is 0.909 bits per heavy atom. The maximum absolute atomic E-state index is 13.3. The average molecular weight is 440 g/mol. The molecule has 5 nitrogen and oxygen atoms in total. The van der Waals surface area contributed by atoms with Crippen LogP contribution in [0.1, 0.15) is 41.1 Å². The molecule has 0 bridgehead atoms. The summed E-state index contributed by atoms with van der Waals surface area (Å²) in [5.74, 6) is -0.886. The van der Waals surface area contributed by atoms with Crippen LogP contribution in [0.15, 0.2) is 78.4 Å². The van der Waals surface area contributed by atoms with Gasteiger partial charge in [0.05, 0.1) is 18.7 Å². The number of nitrogens with zero attached hydrogens (tertiary/aromatic N) is 1. The number of hydrogen-bond acceptors (Lipinski definition) is 4. The third-order valence-electron chi connectivity index (χ3n) is 6.51. The summed E-state index contributed by atoms with van der Waals surface area (Å²) in [6.45, 7) is 0. The zero-order chi connectivity index (χ0) is 22.9. The maximum atomic E-state index is 13.3. The zero-order valence-corrected chi connectivity index (χ0v) is 18.5. The Hall–Kier alpha value is -3.86. The van der Waals surface area contributed by atoms with Crippen molar-refractivity contribution in [1.82, 2.24) is 0 Å².